The SMILES string of the molecule is CC(C)(C)OC(=O)N1CCNCC1c1c[nH]c2cc(Cl)ccc12. The number of carbonyl (C=O) groups excluding carboxylic acids is 1. The third-order valence-electron chi connectivity index (χ3n) is 3.91. The summed E-state index contributed by atoms with van der Waals surface area (Å²) in [4.78, 5) is 17.6. The number of rotatable bonds is 1. The summed E-state index contributed by atoms with van der Waals surface area (Å²) < 4.78 is 5.56. The van der Waals surface area contributed by atoms with Gasteiger partial charge < -0.3 is 15.0 Å². The zero-order chi connectivity index (χ0) is 16.6. The molecule has 1 atom stereocenters. The fraction of sp³-hybridized carbons (Fsp3) is 0.471. The van der Waals surface area contributed by atoms with Gasteiger partial charge in [-0.25, -0.2) is 4.79 Å². The fourth-order valence-corrected chi connectivity index (χ4v) is 3.09. The number of nitrogens with one attached hydrogen (secondary N) is 2. The number of hydrogen-bond donors (Lipinski definition) is 2. The number of benzene rings is 1. The zero-order valence-corrected chi connectivity index (χ0v) is 14.4. The molecule has 2 aromatic rings. The van der Waals surface area contributed by atoms with Gasteiger partial charge in [-0.1, -0.05) is 17.7 Å². The number of H-pyrrole nitrogens is 1. The molecule has 3 rings (SSSR count). The molecule has 2 N–H and O–H groups in total. The van der Waals surface area contributed by atoms with Crippen LogP contribution >= 0.6 is 11.6 Å². The van der Waals surface area contributed by atoms with E-state index < -0.39 is 5.60 Å². The lowest BCUT2D eigenvalue weighted by Crippen LogP contribution is -2.50. The molecule has 124 valence electrons. The molecule has 1 aromatic heterocycles. The molecule has 23 heavy (non-hydrogen) atoms. The molecular formula is C17H22ClN3O2. The largest absolute Gasteiger partial charge is 0.444 e. The predicted molar refractivity (Wildman–Crippen MR) is 91.9 cm³/mol. The monoisotopic (exact) mass is 335 g/mol. The van der Waals surface area contributed by atoms with Crippen LogP contribution in [0.4, 0.5) is 4.79 Å². The van der Waals surface area contributed by atoms with Crippen molar-refractivity contribution >= 4 is 28.6 Å². The average molecular weight is 336 g/mol. The number of carbonyl (C=O) groups is 1. The molecule has 0 saturated carbocycles. The van der Waals surface area contributed by atoms with Gasteiger partial charge in [0.15, 0.2) is 0 Å². The number of ether oxygens (including phenoxy) is 1. The predicted octanol–water partition coefficient (Wildman–Crippen LogP) is 3.70. The molecule has 0 bridgehead atoms. The second-order valence-electron chi connectivity index (χ2n) is 6.83. The lowest BCUT2D eigenvalue weighted by Gasteiger charge is -2.37. The van der Waals surface area contributed by atoms with Gasteiger partial charge in [0.05, 0.1) is 6.04 Å². The van der Waals surface area contributed by atoms with Crippen molar-refractivity contribution in [2.75, 3.05) is 19.6 Å². The van der Waals surface area contributed by atoms with Crippen molar-refractivity contribution < 1.29 is 9.53 Å². The van der Waals surface area contributed by atoms with E-state index in [1.54, 1.807) is 4.90 Å². The smallest absolute Gasteiger partial charge is 0.410 e. The van der Waals surface area contributed by atoms with Crippen molar-refractivity contribution in [3.8, 4) is 0 Å². The van der Waals surface area contributed by atoms with Crippen molar-refractivity contribution in [2.45, 2.75) is 32.4 Å². The maximum Gasteiger partial charge on any atom is 0.410 e. The Morgan fingerprint density at radius 2 is 2.17 bits per heavy atom. The third kappa shape index (κ3) is 3.46. The molecule has 1 aromatic carbocycles. The first-order chi connectivity index (χ1) is 10.8. The minimum Gasteiger partial charge on any atom is -0.444 e. The lowest BCUT2D eigenvalue weighted by molar-refractivity contribution is 0.0119. The Morgan fingerprint density at radius 1 is 1.39 bits per heavy atom. The summed E-state index contributed by atoms with van der Waals surface area (Å²) >= 11 is 6.05. The minimum atomic E-state index is -0.500. The Balaban J connectivity index is 1.92. The van der Waals surface area contributed by atoms with Gasteiger partial charge in [-0.05, 0) is 32.9 Å². The normalized spacial score (nSPS) is 19.1. The quantitative estimate of drug-likeness (QED) is 0.835. The van der Waals surface area contributed by atoms with Crippen LogP contribution < -0.4 is 5.32 Å². The van der Waals surface area contributed by atoms with Crippen LogP contribution in [0.5, 0.6) is 0 Å². The first-order valence-corrected chi connectivity index (χ1v) is 8.20. The minimum absolute atomic E-state index is 0.0616. The molecule has 0 aliphatic carbocycles. The average Bonchev–Trinajstić information content (AvgIpc) is 2.88. The summed E-state index contributed by atoms with van der Waals surface area (Å²) in [6, 6.07) is 5.70. The second-order valence-corrected chi connectivity index (χ2v) is 7.26. The van der Waals surface area contributed by atoms with E-state index in [0.29, 0.717) is 18.1 Å². The van der Waals surface area contributed by atoms with Gasteiger partial charge in [0.2, 0.25) is 0 Å². The number of piperazine rings is 1. The molecule has 1 fully saturated rings. The van der Waals surface area contributed by atoms with Crippen molar-refractivity contribution in [2.24, 2.45) is 0 Å². The molecule has 0 radical (unpaired) electrons. The summed E-state index contributed by atoms with van der Waals surface area (Å²) in [6.45, 7) is 7.75. The van der Waals surface area contributed by atoms with Gasteiger partial charge >= 0.3 is 6.09 Å². The lowest BCUT2D eigenvalue weighted by atomic mass is 10.0. The van der Waals surface area contributed by atoms with Crippen molar-refractivity contribution in [3.05, 3.63) is 35.0 Å². The van der Waals surface area contributed by atoms with E-state index in [-0.39, 0.29) is 12.1 Å². The van der Waals surface area contributed by atoms with Crippen LogP contribution in [0, 0.1) is 0 Å². The highest BCUT2D eigenvalue weighted by Gasteiger charge is 2.32. The van der Waals surface area contributed by atoms with Crippen molar-refractivity contribution in [1.29, 1.82) is 0 Å². The zero-order valence-electron chi connectivity index (χ0n) is 13.6. The summed E-state index contributed by atoms with van der Waals surface area (Å²) in [5.41, 5.74) is 1.55. The molecule has 1 unspecified atom stereocenters. The van der Waals surface area contributed by atoms with E-state index in [2.05, 4.69) is 10.3 Å². The molecule has 0 spiro atoms. The highest BCUT2D eigenvalue weighted by molar-refractivity contribution is 6.31. The Labute approximate surface area is 140 Å². The van der Waals surface area contributed by atoms with Gasteiger partial charge in [0.25, 0.3) is 0 Å². The topological polar surface area (TPSA) is 57.4 Å². The van der Waals surface area contributed by atoms with E-state index in [9.17, 15) is 4.79 Å². The second kappa shape index (κ2) is 6.06. The van der Waals surface area contributed by atoms with E-state index >= 15 is 0 Å². The number of hydrogen-bond acceptors (Lipinski definition) is 3. The van der Waals surface area contributed by atoms with Crippen LogP contribution in [0.15, 0.2) is 24.4 Å². The standard InChI is InChI=1S/C17H22ClN3O2/c1-17(2,3)23-16(22)21-7-6-19-10-15(21)13-9-20-14-8-11(18)4-5-12(13)14/h4-5,8-9,15,19-20H,6-7,10H2,1-3H3. The molecule has 1 amide bonds. The van der Waals surface area contributed by atoms with Crippen LogP contribution in [-0.4, -0.2) is 41.2 Å². The number of halogens is 1. The van der Waals surface area contributed by atoms with Gasteiger partial charge in [0.1, 0.15) is 5.60 Å². The van der Waals surface area contributed by atoms with Gasteiger partial charge in [-0.3, -0.25) is 4.90 Å². The maximum atomic E-state index is 12.6. The first kappa shape index (κ1) is 16.1. The molecule has 6 heteroatoms. The molecule has 1 aliphatic rings. The summed E-state index contributed by atoms with van der Waals surface area (Å²) in [7, 11) is 0. The highest BCUT2D eigenvalue weighted by Crippen LogP contribution is 2.31. The number of aromatic amines is 1. The number of amides is 1. The molecule has 1 saturated heterocycles. The summed E-state index contributed by atoms with van der Waals surface area (Å²) in [5.74, 6) is 0. The number of aromatic nitrogens is 1. The molecule has 5 nitrogen and oxygen atoms in total. The third-order valence-corrected chi connectivity index (χ3v) is 4.14. The van der Waals surface area contributed by atoms with E-state index in [0.717, 1.165) is 23.0 Å². The number of nitrogens with zero attached hydrogens (tertiary/aromatic N) is 1. The fourth-order valence-electron chi connectivity index (χ4n) is 2.92. The van der Waals surface area contributed by atoms with Gasteiger partial charge in [0, 0.05) is 47.3 Å². The van der Waals surface area contributed by atoms with Crippen LogP contribution in [0.1, 0.15) is 32.4 Å². The van der Waals surface area contributed by atoms with E-state index in [4.69, 9.17) is 16.3 Å². The van der Waals surface area contributed by atoms with Crippen LogP contribution in [0.3, 0.4) is 0 Å². The Bertz CT molecular complexity index is 720. The number of fused-ring (bicyclic) bond motifs is 1. The summed E-state index contributed by atoms with van der Waals surface area (Å²) in [6.07, 6.45) is 1.68. The molecular weight excluding hydrogens is 314 g/mol. The Morgan fingerprint density at radius 3 is 2.91 bits per heavy atom. The molecule has 1 aliphatic heterocycles. The van der Waals surface area contributed by atoms with Gasteiger partial charge in [-0.2, -0.15) is 0 Å². The first-order valence-electron chi connectivity index (χ1n) is 7.82. The Kier molecular flexibility index (Phi) is 4.25. The van der Waals surface area contributed by atoms with Crippen LogP contribution in [0.25, 0.3) is 10.9 Å². The highest BCUT2D eigenvalue weighted by atomic mass is 35.5. The molecule has 2 heterocycles. The van der Waals surface area contributed by atoms with Crippen LogP contribution in [-0.2, 0) is 4.74 Å². The van der Waals surface area contributed by atoms with Crippen molar-refractivity contribution in [3.63, 3.8) is 0 Å². The van der Waals surface area contributed by atoms with E-state index in [1.807, 2.05) is 45.2 Å². The van der Waals surface area contributed by atoms with Crippen molar-refractivity contribution in [1.82, 2.24) is 15.2 Å². The maximum absolute atomic E-state index is 12.6. The summed E-state index contributed by atoms with van der Waals surface area (Å²) in [5, 5.41) is 5.13. The van der Waals surface area contributed by atoms with Gasteiger partial charge in [-0.15, -0.1) is 0 Å². The van der Waals surface area contributed by atoms with E-state index in [1.165, 1.54) is 0 Å². The van der Waals surface area contributed by atoms with Crippen LogP contribution in [0.2, 0.25) is 5.02 Å². The Hall–Kier alpha value is -1.72.